The Balaban J connectivity index is 1.29. The van der Waals surface area contributed by atoms with Gasteiger partial charge in [0.1, 0.15) is 5.75 Å². The Hall–Kier alpha value is -3.12. The quantitative estimate of drug-likeness (QED) is 0.512. The zero-order chi connectivity index (χ0) is 19.8. The third kappa shape index (κ3) is 3.40. The first kappa shape index (κ1) is 17.9. The molecule has 0 amide bonds. The van der Waals surface area contributed by atoms with Gasteiger partial charge in [0.25, 0.3) is 0 Å². The van der Waals surface area contributed by atoms with Crippen LogP contribution in [0.1, 0.15) is 23.8 Å². The summed E-state index contributed by atoms with van der Waals surface area (Å²) in [6, 6.07) is 16.3. The maximum Gasteiger partial charge on any atom is 0.247 e. The zero-order valence-electron chi connectivity index (χ0n) is 16.7. The molecule has 4 aromatic rings. The van der Waals surface area contributed by atoms with E-state index in [0.717, 1.165) is 43.3 Å². The molecule has 0 bridgehead atoms. The van der Waals surface area contributed by atoms with Crippen molar-refractivity contribution in [1.82, 2.24) is 19.7 Å². The topological polar surface area (TPSA) is 56.3 Å². The maximum absolute atomic E-state index is 6.01. The van der Waals surface area contributed by atoms with Crippen LogP contribution in [0.15, 0.2) is 59.1 Å². The average Bonchev–Trinajstić information content (AvgIpc) is 3.49. The van der Waals surface area contributed by atoms with Gasteiger partial charge in [0.15, 0.2) is 0 Å². The van der Waals surface area contributed by atoms with Crippen LogP contribution in [0.25, 0.3) is 22.4 Å². The van der Waals surface area contributed by atoms with Crippen molar-refractivity contribution >= 4 is 10.9 Å². The van der Waals surface area contributed by atoms with Crippen LogP contribution in [-0.2, 0) is 13.6 Å². The standard InChI is InChI=1S/C23H24N4O2/c1-26-13-18(20-5-3-4-6-21(20)26)15-27-12-11-17(14-27)23-25-24-22(29-23)16-7-9-19(28-2)10-8-16/h3-10,13,17H,11-12,14-15H2,1-2H3/t17-/m0/s1. The largest absolute Gasteiger partial charge is 0.497 e. The summed E-state index contributed by atoms with van der Waals surface area (Å²) in [6.45, 7) is 2.92. The van der Waals surface area contributed by atoms with Gasteiger partial charge >= 0.3 is 0 Å². The van der Waals surface area contributed by atoms with E-state index in [1.807, 2.05) is 24.3 Å². The van der Waals surface area contributed by atoms with Gasteiger partial charge in [0.2, 0.25) is 11.8 Å². The molecule has 0 N–H and O–H groups in total. The van der Waals surface area contributed by atoms with Crippen LogP contribution in [0.4, 0.5) is 0 Å². The fourth-order valence-electron chi connectivity index (χ4n) is 4.22. The zero-order valence-corrected chi connectivity index (χ0v) is 16.7. The number of aryl methyl sites for hydroxylation is 1. The van der Waals surface area contributed by atoms with Crippen molar-refractivity contribution < 1.29 is 9.15 Å². The number of para-hydroxylation sites is 1. The number of ether oxygens (including phenoxy) is 1. The molecule has 1 saturated heterocycles. The first-order valence-electron chi connectivity index (χ1n) is 9.94. The normalized spacial score (nSPS) is 17.2. The third-order valence-corrected chi connectivity index (χ3v) is 5.77. The minimum Gasteiger partial charge on any atom is -0.497 e. The summed E-state index contributed by atoms with van der Waals surface area (Å²) in [5, 5.41) is 9.93. The number of hydrogen-bond donors (Lipinski definition) is 0. The molecule has 29 heavy (non-hydrogen) atoms. The van der Waals surface area contributed by atoms with Gasteiger partial charge < -0.3 is 13.7 Å². The summed E-state index contributed by atoms with van der Waals surface area (Å²) in [5.41, 5.74) is 3.56. The number of benzene rings is 2. The molecular weight excluding hydrogens is 364 g/mol. The van der Waals surface area contributed by atoms with Crippen molar-refractivity contribution in [2.75, 3.05) is 20.2 Å². The molecule has 148 valence electrons. The van der Waals surface area contributed by atoms with Crippen molar-refractivity contribution in [3.63, 3.8) is 0 Å². The lowest BCUT2D eigenvalue weighted by molar-refractivity contribution is 0.321. The number of likely N-dealkylation sites (tertiary alicyclic amines) is 1. The second kappa shape index (κ2) is 7.37. The average molecular weight is 388 g/mol. The predicted molar refractivity (Wildman–Crippen MR) is 112 cm³/mol. The monoisotopic (exact) mass is 388 g/mol. The van der Waals surface area contributed by atoms with Crippen molar-refractivity contribution in [3.05, 3.63) is 66.2 Å². The van der Waals surface area contributed by atoms with Gasteiger partial charge in [-0.15, -0.1) is 10.2 Å². The summed E-state index contributed by atoms with van der Waals surface area (Å²) in [5.74, 6) is 2.39. The molecule has 1 aliphatic rings. The van der Waals surface area contributed by atoms with E-state index >= 15 is 0 Å². The summed E-state index contributed by atoms with van der Waals surface area (Å²) >= 11 is 0. The number of nitrogens with zero attached hydrogens (tertiary/aromatic N) is 4. The first-order chi connectivity index (χ1) is 14.2. The molecule has 3 heterocycles. The molecule has 6 heteroatoms. The molecule has 0 spiro atoms. The molecule has 0 unspecified atom stereocenters. The van der Waals surface area contributed by atoms with Gasteiger partial charge in [-0.2, -0.15) is 0 Å². The highest BCUT2D eigenvalue weighted by atomic mass is 16.5. The van der Waals surface area contributed by atoms with E-state index in [2.05, 4.69) is 57.2 Å². The van der Waals surface area contributed by atoms with Crippen molar-refractivity contribution in [2.24, 2.45) is 7.05 Å². The van der Waals surface area contributed by atoms with Crippen LogP contribution in [-0.4, -0.2) is 39.9 Å². The van der Waals surface area contributed by atoms with E-state index in [1.165, 1.54) is 16.5 Å². The minimum atomic E-state index is 0.282. The number of rotatable bonds is 5. The van der Waals surface area contributed by atoms with Crippen molar-refractivity contribution in [1.29, 1.82) is 0 Å². The van der Waals surface area contributed by atoms with Crippen LogP contribution >= 0.6 is 0 Å². The van der Waals surface area contributed by atoms with E-state index < -0.39 is 0 Å². The summed E-state index contributed by atoms with van der Waals surface area (Å²) in [6.07, 6.45) is 3.28. The van der Waals surface area contributed by atoms with E-state index in [9.17, 15) is 0 Å². The maximum atomic E-state index is 6.01. The highest BCUT2D eigenvalue weighted by molar-refractivity contribution is 5.83. The highest BCUT2D eigenvalue weighted by Crippen LogP contribution is 2.31. The molecule has 1 fully saturated rings. The molecule has 1 aliphatic heterocycles. The van der Waals surface area contributed by atoms with E-state index in [4.69, 9.17) is 9.15 Å². The van der Waals surface area contributed by atoms with Crippen LogP contribution in [0, 0.1) is 0 Å². The molecular formula is C23H24N4O2. The number of methoxy groups -OCH3 is 1. The third-order valence-electron chi connectivity index (χ3n) is 5.77. The minimum absolute atomic E-state index is 0.282. The Bertz CT molecular complexity index is 1130. The summed E-state index contributed by atoms with van der Waals surface area (Å²) in [4.78, 5) is 2.48. The Kier molecular flexibility index (Phi) is 4.56. The summed E-state index contributed by atoms with van der Waals surface area (Å²) in [7, 11) is 3.77. The lowest BCUT2D eigenvalue weighted by Crippen LogP contribution is -2.19. The fraction of sp³-hybridized carbons (Fsp3) is 0.304. The lowest BCUT2D eigenvalue weighted by atomic mass is 10.1. The molecule has 2 aromatic heterocycles. The van der Waals surface area contributed by atoms with Crippen molar-refractivity contribution in [2.45, 2.75) is 18.9 Å². The van der Waals surface area contributed by atoms with Gasteiger partial charge in [0.05, 0.1) is 13.0 Å². The van der Waals surface area contributed by atoms with Gasteiger partial charge in [-0.05, 0) is 48.9 Å². The molecule has 2 aromatic carbocycles. The van der Waals surface area contributed by atoms with Crippen LogP contribution in [0.5, 0.6) is 5.75 Å². The molecule has 5 rings (SSSR count). The smallest absolute Gasteiger partial charge is 0.247 e. The molecule has 1 atom stereocenters. The highest BCUT2D eigenvalue weighted by Gasteiger charge is 2.29. The van der Waals surface area contributed by atoms with Crippen molar-refractivity contribution in [3.8, 4) is 17.2 Å². The first-order valence-corrected chi connectivity index (χ1v) is 9.94. The SMILES string of the molecule is COc1ccc(-c2nnc([C@H]3CCN(Cc4cn(C)c5ccccc45)C3)o2)cc1. The Morgan fingerprint density at radius 1 is 1.10 bits per heavy atom. The number of aromatic nitrogens is 3. The second-order valence-corrected chi connectivity index (χ2v) is 7.68. The summed E-state index contributed by atoms with van der Waals surface area (Å²) < 4.78 is 13.4. The van der Waals surface area contributed by atoms with E-state index in [0.29, 0.717) is 5.89 Å². The Morgan fingerprint density at radius 2 is 1.93 bits per heavy atom. The Labute approximate surface area is 169 Å². The van der Waals surface area contributed by atoms with Crippen LogP contribution in [0.2, 0.25) is 0 Å². The molecule has 0 aliphatic carbocycles. The molecule has 0 radical (unpaired) electrons. The molecule has 0 saturated carbocycles. The van der Waals surface area contributed by atoms with Gasteiger partial charge in [0, 0.05) is 42.8 Å². The predicted octanol–water partition coefficient (Wildman–Crippen LogP) is 4.23. The molecule has 6 nitrogen and oxygen atoms in total. The fourth-order valence-corrected chi connectivity index (χ4v) is 4.22. The number of hydrogen-bond acceptors (Lipinski definition) is 5. The van der Waals surface area contributed by atoms with Crippen LogP contribution in [0.3, 0.4) is 0 Å². The van der Waals surface area contributed by atoms with Gasteiger partial charge in [-0.3, -0.25) is 4.90 Å². The van der Waals surface area contributed by atoms with Gasteiger partial charge in [-0.25, -0.2) is 0 Å². The lowest BCUT2D eigenvalue weighted by Gasteiger charge is -2.14. The van der Waals surface area contributed by atoms with E-state index in [1.54, 1.807) is 7.11 Å². The van der Waals surface area contributed by atoms with E-state index in [-0.39, 0.29) is 5.92 Å². The van der Waals surface area contributed by atoms with Crippen LogP contribution < -0.4 is 4.74 Å². The second-order valence-electron chi connectivity index (χ2n) is 7.68. The van der Waals surface area contributed by atoms with Gasteiger partial charge in [-0.1, -0.05) is 18.2 Å². The number of fused-ring (bicyclic) bond motifs is 1. The Morgan fingerprint density at radius 3 is 2.76 bits per heavy atom.